The molecule has 1 aliphatic rings. The van der Waals surface area contributed by atoms with Crippen LogP contribution in [0.3, 0.4) is 0 Å². The van der Waals surface area contributed by atoms with Gasteiger partial charge in [0.15, 0.2) is 0 Å². The number of halogens is 1. The van der Waals surface area contributed by atoms with Gasteiger partial charge in [0.2, 0.25) is 0 Å². The molecule has 0 spiro atoms. The van der Waals surface area contributed by atoms with Crippen molar-refractivity contribution in [2.24, 2.45) is 0 Å². The van der Waals surface area contributed by atoms with E-state index in [1.54, 1.807) is 18.0 Å². The second-order valence-electron chi connectivity index (χ2n) is 5.28. The van der Waals surface area contributed by atoms with E-state index < -0.39 is 0 Å². The predicted octanol–water partition coefficient (Wildman–Crippen LogP) is 5.70. The molecule has 3 rings (SSSR count). The highest BCUT2D eigenvalue weighted by Crippen LogP contribution is 2.32. The standard InChI is InChI=1S/C19H17ClN2S/c1-13-6-7-15(11-21-13)19-18(10-16(20)12-22-19)14-4-3-5-17(23-2)9-8-14/h4-12H,3H2,1-2H3. The summed E-state index contributed by atoms with van der Waals surface area (Å²) in [5.74, 6) is 0. The molecule has 2 nitrogen and oxygen atoms in total. The zero-order chi connectivity index (χ0) is 16.2. The highest BCUT2D eigenvalue weighted by molar-refractivity contribution is 8.02. The van der Waals surface area contributed by atoms with Crippen LogP contribution in [0.5, 0.6) is 0 Å². The van der Waals surface area contributed by atoms with Crippen LogP contribution in [0.15, 0.2) is 59.8 Å². The molecule has 0 saturated heterocycles. The van der Waals surface area contributed by atoms with Crippen LogP contribution in [0.4, 0.5) is 0 Å². The first-order valence-corrected chi connectivity index (χ1v) is 8.99. The lowest BCUT2D eigenvalue weighted by Crippen LogP contribution is -1.93. The number of thioether (sulfide) groups is 1. The van der Waals surface area contributed by atoms with Crippen LogP contribution in [-0.2, 0) is 0 Å². The van der Waals surface area contributed by atoms with Crippen LogP contribution in [-0.4, -0.2) is 16.2 Å². The first-order valence-electron chi connectivity index (χ1n) is 7.38. The van der Waals surface area contributed by atoms with E-state index >= 15 is 0 Å². The summed E-state index contributed by atoms with van der Waals surface area (Å²) < 4.78 is 0. The minimum Gasteiger partial charge on any atom is -0.261 e. The molecule has 1 aliphatic carbocycles. The maximum Gasteiger partial charge on any atom is 0.0796 e. The number of aromatic nitrogens is 2. The van der Waals surface area contributed by atoms with Crippen molar-refractivity contribution in [1.82, 2.24) is 9.97 Å². The first-order chi connectivity index (χ1) is 11.2. The van der Waals surface area contributed by atoms with E-state index in [0.29, 0.717) is 5.02 Å². The molecule has 4 heteroatoms. The van der Waals surface area contributed by atoms with Gasteiger partial charge in [0.1, 0.15) is 0 Å². The number of aryl methyl sites for hydroxylation is 1. The van der Waals surface area contributed by atoms with Crippen LogP contribution in [0.25, 0.3) is 16.8 Å². The molecular weight excluding hydrogens is 324 g/mol. The molecule has 0 aliphatic heterocycles. The fourth-order valence-electron chi connectivity index (χ4n) is 2.46. The fourth-order valence-corrected chi connectivity index (χ4v) is 3.08. The summed E-state index contributed by atoms with van der Waals surface area (Å²) in [6, 6.07) is 6.03. The smallest absolute Gasteiger partial charge is 0.0796 e. The summed E-state index contributed by atoms with van der Waals surface area (Å²) in [6.07, 6.45) is 15.2. The third-order valence-electron chi connectivity index (χ3n) is 3.67. The lowest BCUT2D eigenvalue weighted by atomic mass is 9.99. The number of pyridine rings is 2. The van der Waals surface area contributed by atoms with Crippen molar-refractivity contribution in [3.63, 3.8) is 0 Å². The van der Waals surface area contributed by atoms with Crippen molar-refractivity contribution in [2.75, 3.05) is 6.26 Å². The molecule has 2 aromatic rings. The number of nitrogens with zero attached hydrogens (tertiary/aromatic N) is 2. The largest absolute Gasteiger partial charge is 0.261 e. The monoisotopic (exact) mass is 340 g/mol. The second-order valence-corrected chi connectivity index (χ2v) is 6.59. The van der Waals surface area contributed by atoms with Crippen molar-refractivity contribution < 1.29 is 0 Å². The average Bonchev–Trinajstić information content (AvgIpc) is 2.81. The average molecular weight is 341 g/mol. The van der Waals surface area contributed by atoms with Gasteiger partial charge in [-0.25, -0.2) is 0 Å². The molecule has 0 unspecified atom stereocenters. The molecule has 0 bridgehead atoms. The summed E-state index contributed by atoms with van der Waals surface area (Å²) in [5.41, 5.74) is 5.07. The van der Waals surface area contributed by atoms with E-state index in [1.165, 1.54) is 4.91 Å². The Kier molecular flexibility index (Phi) is 4.99. The van der Waals surface area contributed by atoms with Crippen molar-refractivity contribution in [3.05, 3.63) is 76.1 Å². The van der Waals surface area contributed by atoms with Crippen LogP contribution in [0, 0.1) is 6.92 Å². The Hall–Kier alpha value is -1.84. The maximum atomic E-state index is 6.20. The zero-order valence-electron chi connectivity index (χ0n) is 13.1. The van der Waals surface area contributed by atoms with E-state index in [4.69, 9.17) is 11.6 Å². The summed E-state index contributed by atoms with van der Waals surface area (Å²) in [7, 11) is 0. The molecular formula is C19H17ClN2S. The van der Waals surface area contributed by atoms with Gasteiger partial charge >= 0.3 is 0 Å². The molecule has 0 aromatic carbocycles. The Morgan fingerprint density at radius 1 is 1.09 bits per heavy atom. The molecule has 116 valence electrons. The van der Waals surface area contributed by atoms with Crippen LogP contribution in [0.2, 0.25) is 5.02 Å². The summed E-state index contributed by atoms with van der Waals surface area (Å²) in [5, 5.41) is 0.639. The Balaban J connectivity index is 2.07. The molecule has 2 heterocycles. The quantitative estimate of drug-likeness (QED) is 0.717. The summed E-state index contributed by atoms with van der Waals surface area (Å²) in [4.78, 5) is 10.2. The molecule has 2 aromatic heterocycles. The second kappa shape index (κ2) is 7.16. The Bertz CT molecular complexity index is 805. The highest BCUT2D eigenvalue weighted by Gasteiger charge is 2.12. The minimum atomic E-state index is 0.639. The van der Waals surface area contributed by atoms with Crippen LogP contribution < -0.4 is 0 Å². The van der Waals surface area contributed by atoms with Crippen LogP contribution >= 0.6 is 23.4 Å². The van der Waals surface area contributed by atoms with E-state index in [2.05, 4.69) is 46.6 Å². The number of hydrogen-bond acceptors (Lipinski definition) is 3. The Morgan fingerprint density at radius 3 is 2.70 bits per heavy atom. The van der Waals surface area contributed by atoms with Gasteiger partial charge in [0.05, 0.1) is 10.7 Å². The third-order valence-corrected chi connectivity index (χ3v) is 4.65. The van der Waals surface area contributed by atoms with Crippen molar-refractivity contribution in [2.45, 2.75) is 13.3 Å². The molecule has 0 radical (unpaired) electrons. The molecule has 0 fully saturated rings. The van der Waals surface area contributed by atoms with Gasteiger partial charge in [0, 0.05) is 34.1 Å². The van der Waals surface area contributed by atoms with Gasteiger partial charge in [-0.15, -0.1) is 11.8 Å². The van der Waals surface area contributed by atoms with Gasteiger partial charge in [-0.2, -0.15) is 0 Å². The van der Waals surface area contributed by atoms with Gasteiger partial charge in [0.25, 0.3) is 0 Å². The summed E-state index contributed by atoms with van der Waals surface area (Å²) in [6.45, 7) is 1.98. The number of rotatable bonds is 3. The normalized spacial score (nSPS) is 14.2. The van der Waals surface area contributed by atoms with Crippen molar-refractivity contribution >= 4 is 28.9 Å². The maximum absolute atomic E-state index is 6.20. The fraction of sp³-hybridized carbons (Fsp3) is 0.158. The Labute approximate surface area is 146 Å². The van der Waals surface area contributed by atoms with Crippen molar-refractivity contribution in [3.8, 4) is 11.3 Å². The minimum absolute atomic E-state index is 0.639. The number of hydrogen-bond donors (Lipinski definition) is 0. The highest BCUT2D eigenvalue weighted by atomic mass is 35.5. The van der Waals surface area contributed by atoms with E-state index in [0.717, 1.165) is 34.5 Å². The van der Waals surface area contributed by atoms with E-state index in [1.807, 2.05) is 25.3 Å². The molecule has 0 N–H and O–H groups in total. The van der Waals surface area contributed by atoms with Gasteiger partial charge in [-0.3, -0.25) is 9.97 Å². The molecule has 0 atom stereocenters. The molecule has 23 heavy (non-hydrogen) atoms. The Morgan fingerprint density at radius 2 is 1.96 bits per heavy atom. The van der Waals surface area contributed by atoms with Crippen LogP contribution in [0.1, 0.15) is 17.7 Å². The van der Waals surface area contributed by atoms with Crippen molar-refractivity contribution in [1.29, 1.82) is 0 Å². The topological polar surface area (TPSA) is 25.8 Å². The van der Waals surface area contributed by atoms with E-state index in [9.17, 15) is 0 Å². The van der Waals surface area contributed by atoms with Gasteiger partial charge in [-0.05, 0) is 49.4 Å². The SMILES string of the molecule is CSC1=CCC=C(c2cc(Cl)cnc2-c2ccc(C)nc2)C=C1. The number of allylic oxidation sites excluding steroid dienone is 5. The first kappa shape index (κ1) is 16.0. The molecule has 0 saturated carbocycles. The zero-order valence-corrected chi connectivity index (χ0v) is 14.7. The third kappa shape index (κ3) is 3.74. The van der Waals surface area contributed by atoms with Gasteiger partial charge < -0.3 is 0 Å². The predicted molar refractivity (Wildman–Crippen MR) is 101 cm³/mol. The lowest BCUT2D eigenvalue weighted by molar-refractivity contribution is 1.19. The molecule has 0 amide bonds. The summed E-state index contributed by atoms with van der Waals surface area (Å²) >= 11 is 7.95. The van der Waals surface area contributed by atoms with Gasteiger partial charge in [-0.1, -0.05) is 29.8 Å². The lowest BCUT2D eigenvalue weighted by Gasteiger charge is -2.10. The van der Waals surface area contributed by atoms with E-state index in [-0.39, 0.29) is 0 Å².